The van der Waals surface area contributed by atoms with Crippen molar-refractivity contribution in [2.75, 3.05) is 4.90 Å². The summed E-state index contributed by atoms with van der Waals surface area (Å²) in [5.41, 5.74) is 14.3. The molecule has 0 spiro atoms. The van der Waals surface area contributed by atoms with Crippen molar-refractivity contribution >= 4 is 49.8 Å². The van der Waals surface area contributed by atoms with Crippen LogP contribution < -0.4 is 4.90 Å². The van der Waals surface area contributed by atoms with Crippen molar-refractivity contribution in [3.05, 3.63) is 212 Å². The number of hydrogen-bond donors (Lipinski definition) is 0. The first-order valence-corrected chi connectivity index (χ1v) is 18.4. The molecule has 0 aliphatic heterocycles. The maximum Gasteiger partial charge on any atom is 0.143 e. The molecule has 0 atom stereocenters. The molecule has 0 radical (unpaired) electrons. The van der Waals surface area contributed by atoms with Crippen LogP contribution in [0.4, 0.5) is 17.1 Å². The predicted octanol–water partition coefficient (Wildman–Crippen LogP) is 14.9. The number of anilines is 3. The summed E-state index contributed by atoms with van der Waals surface area (Å²) in [5.74, 6) is 0. The van der Waals surface area contributed by atoms with Gasteiger partial charge in [-0.1, -0.05) is 182 Å². The summed E-state index contributed by atoms with van der Waals surface area (Å²) in [5, 5.41) is 4.69. The SMILES string of the molecule is c1ccc(-c2ccccc2N(c2cccc(-c3cccc4c3oc3ccccc34)c2)c2ccccc2-c2cccc3cccc(-c4ccccc4)c23)cc1. The lowest BCUT2D eigenvalue weighted by molar-refractivity contribution is 0.670. The smallest absolute Gasteiger partial charge is 0.143 e. The number of rotatable bonds is 7. The van der Waals surface area contributed by atoms with E-state index >= 15 is 0 Å². The minimum Gasteiger partial charge on any atom is -0.455 e. The fourth-order valence-electron chi connectivity index (χ4n) is 8.05. The summed E-state index contributed by atoms with van der Waals surface area (Å²) in [6.07, 6.45) is 0. The molecular weight excluding hydrogens is 655 g/mol. The molecule has 0 amide bonds. The lowest BCUT2D eigenvalue weighted by Gasteiger charge is -2.30. The Morgan fingerprint density at radius 2 is 0.852 bits per heavy atom. The number of hydrogen-bond acceptors (Lipinski definition) is 2. The topological polar surface area (TPSA) is 16.4 Å². The molecule has 0 N–H and O–H groups in total. The molecule has 10 aromatic rings. The average molecular weight is 690 g/mol. The van der Waals surface area contributed by atoms with Crippen molar-refractivity contribution in [1.29, 1.82) is 0 Å². The minimum absolute atomic E-state index is 0.897. The fraction of sp³-hybridized carbons (Fsp3) is 0. The zero-order valence-electron chi connectivity index (χ0n) is 29.6. The molecule has 0 bridgehead atoms. The molecule has 254 valence electrons. The summed E-state index contributed by atoms with van der Waals surface area (Å²) in [7, 11) is 0. The molecule has 0 saturated carbocycles. The van der Waals surface area contributed by atoms with Gasteiger partial charge in [0.05, 0.1) is 11.4 Å². The molecule has 2 nitrogen and oxygen atoms in total. The van der Waals surface area contributed by atoms with E-state index in [9.17, 15) is 0 Å². The first-order chi connectivity index (χ1) is 26.8. The van der Waals surface area contributed by atoms with Crippen LogP contribution in [0.2, 0.25) is 0 Å². The van der Waals surface area contributed by atoms with Gasteiger partial charge in [-0.05, 0) is 68.9 Å². The second-order valence-corrected chi connectivity index (χ2v) is 13.6. The summed E-state index contributed by atoms with van der Waals surface area (Å²) in [4.78, 5) is 2.43. The van der Waals surface area contributed by atoms with Crippen LogP contribution in [0.25, 0.3) is 77.2 Å². The summed E-state index contributed by atoms with van der Waals surface area (Å²) in [6.45, 7) is 0. The van der Waals surface area contributed by atoms with Crippen molar-refractivity contribution in [2.45, 2.75) is 0 Å². The van der Waals surface area contributed by atoms with Gasteiger partial charge < -0.3 is 9.32 Å². The Labute approximate surface area is 314 Å². The lowest BCUT2D eigenvalue weighted by Crippen LogP contribution is -2.12. The van der Waals surface area contributed by atoms with Crippen molar-refractivity contribution in [1.82, 2.24) is 0 Å². The van der Waals surface area contributed by atoms with Crippen LogP contribution in [-0.2, 0) is 0 Å². The molecule has 0 aliphatic rings. The van der Waals surface area contributed by atoms with Gasteiger partial charge in [0.15, 0.2) is 0 Å². The van der Waals surface area contributed by atoms with Crippen LogP contribution in [0.15, 0.2) is 217 Å². The van der Waals surface area contributed by atoms with E-state index in [-0.39, 0.29) is 0 Å². The van der Waals surface area contributed by atoms with Crippen LogP contribution in [0.3, 0.4) is 0 Å². The Morgan fingerprint density at radius 1 is 0.333 bits per heavy atom. The highest BCUT2D eigenvalue weighted by Crippen LogP contribution is 2.48. The van der Waals surface area contributed by atoms with Crippen molar-refractivity contribution < 1.29 is 4.42 Å². The standard InChI is InChI=1S/C52H35NO/c1-3-17-36(18-4-1)41-25-7-10-32-48(41)53(40-24-13-23-39(35-40)43-29-16-31-47-45-27-9-12-34-50(45)54-52(43)47)49-33-11-8-26-44(49)46-30-15-22-38-21-14-28-42(51(38)46)37-19-5-2-6-20-37/h1-35H. The average Bonchev–Trinajstić information content (AvgIpc) is 3.64. The number of para-hydroxylation sites is 4. The molecule has 0 saturated heterocycles. The van der Waals surface area contributed by atoms with Crippen molar-refractivity contribution in [3.63, 3.8) is 0 Å². The second-order valence-electron chi connectivity index (χ2n) is 13.6. The second kappa shape index (κ2) is 13.4. The third-order valence-corrected chi connectivity index (χ3v) is 10.5. The maximum absolute atomic E-state index is 6.54. The van der Waals surface area contributed by atoms with E-state index in [0.717, 1.165) is 66.8 Å². The van der Waals surface area contributed by atoms with E-state index in [1.165, 1.54) is 27.5 Å². The Bertz CT molecular complexity index is 2940. The molecule has 10 rings (SSSR count). The van der Waals surface area contributed by atoms with E-state index in [1.807, 2.05) is 12.1 Å². The number of fused-ring (bicyclic) bond motifs is 4. The third kappa shape index (κ3) is 5.44. The lowest BCUT2D eigenvalue weighted by atomic mass is 9.90. The predicted molar refractivity (Wildman–Crippen MR) is 228 cm³/mol. The van der Waals surface area contributed by atoms with Crippen LogP contribution in [0.1, 0.15) is 0 Å². The van der Waals surface area contributed by atoms with Crippen LogP contribution >= 0.6 is 0 Å². The molecule has 1 aromatic heterocycles. The molecule has 0 fully saturated rings. The highest BCUT2D eigenvalue weighted by atomic mass is 16.3. The fourth-order valence-corrected chi connectivity index (χ4v) is 8.05. The molecule has 2 heteroatoms. The largest absolute Gasteiger partial charge is 0.455 e. The molecule has 9 aromatic carbocycles. The van der Waals surface area contributed by atoms with Gasteiger partial charge in [-0.25, -0.2) is 0 Å². The highest BCUT2D eigenvalue weighted by Gasteiger charge is 2.23. The monoisotopic (exact) mass is 689 g/mol. The van der Waals surface area contributed by atoms with Crippen LogP contribution in [0.5, 0.6) is 0 Å². The van der Waals surface area contributed by atoms with Crippen molar-refractivity contribution in [3.8, 4) is 44.5 Å². The zero-order chi connectivity index (χ0) is 35.8. The summed E-state index contributed by atoms with van der Waals surface area (Å²) < 4.78 is 6.54. The van der Waals surface area contributed by atoms with Gasteiger partial charge in [-0.3, -0.25) is 0 Å². The van der Waals surface area contributed by atoms with E-state index < -0.39 is 0 Å². The molecule has 1 heterocycles. The van der Waals surface area contributed by atoms with E-state index in [2.05, 4.69) is 205 Å². The Kier molecular flexibility index (Phi) is 7.85. The molecule has 54 heavy (non-hydrogen) atoms. The van der Waals surface area contributed by atoms with E-state index in [1.54, 1.807) is 0 Å². The van der Waals surface area contributed by atoms with E-state index in [0.29, 0.717) is 0 Å². The van der Waals surface area contributed by atoms with Gasteiger partial charge in [-0.2, -0.15) is 0 Å². The Hall–Kier alpha value is -7.16. The van der Waals surface area contributed by atoms with Gasteiger partial charge in [0.1, 0.15) is 11.2 Å². The Balaban J connectivity index is 1.23. The first kappa shape index (κ1) is 31.6. The van der Waals surface area contributed by atoms with Crippen LogP contribution in [-0.4, -0.2) is 0 Å². The Morgan fingerprint density at radius 3 is 1.63 bits per heavy atom. The van der Waals surface area contributed by atoms with Gasteiger partial charge >= 0.3 is 0 Å². The summed E-state index contributed by atoms with van der Waals surface area (Å²) >= 11 is 0. The van der Waals surface area contributed by atoms with Gasteiger partial charge in [0.2, 0.25) is 0 Å². The zero-order valence-corrected chi connectivity index (χ0v) is 29.6. The minimum atomic E-state index is 0.897. The highest BCUT2D eigenvalue weighted by molar-refractivity contribution is 6.11. The normalized spacial score (nSPS) is 11.3. The first-order valence-electron chi connectivity index (χ1n) is 18.4. The van der Waals surface area contributed by atoms with Gasteiger partial charge in [-0.15, -0.1) is 0 Å². The number of furan rings is 1. The van der Waals surface area contributed by atoms with Gasteiger partial charge in [0.25, 0.3) is 0 Å². The molecular formula is C52H35NO. The van der Waals surface area contributed by atoms with Gasteiger partial charge in [0, 0.05) is 33.2 Å². The quantitative estimate of drug-likeness (QED) is 0.166. The molecule has 0 aliphatic carbocycles. The van der Waals surface area contributed by atoms with Crippen LogP contribution in [0, 0.1) is 0 Å². The van der Waals surface area contributed by atoms with Crippen molar-refractivity contribution in [2.24, 2.45) is 0 Å². The molecule has 0 unspecified atom stereocenters. The van der Waals surface area contributed by atoms with E-state index in [4.69, 9.17) is 4.42 Å². The maximum atomic E-state index is 6.54. The number of benzene rings is 9. The third-order valence-electron chi connectivity index (χ3n) is 10.5. The summed E-state index contributed by atoms with van der Waals surface area (Å²) in [6, 6.07) is 75.9. The number of nitrogens with zero attached hydrogens (tertiary/aromatic N) is 1.